The summed E-state index contributed by atoms with van der Waals surface area (Å²) < 4.78 is 2.01. The largest absolute Gasteiger partial charge is 0.310 e. The van der Waals surface area contributed by atoms with Crippen molar-refractivity contribution in [1.82, 2.24) is 20.1 Å². The van der Waals surface area contributed by atoms with Crippen LogP contribution in [0.2, 0.25) is 0 Å². The van der Waals surface area contributed by atoms with E-state index in [4.69, 9.17) is 0 Å². The molecule has 1 aliphatic rings. The summed E-state index contributed by atoms with van der Waals surface area (Å²) in [5.74, 6) is 2.93. The standard InChI is InChI=1S/C15H28N4/c1-3-9-19-15(17-12-18-19)11-16-10-14-7-5-13(4-2)6-8-14/h12-14,16H,3-11H2,1-2H3. The maximum atomic E-state index is 4.33. The molecule has 19 heavy (non-hydrogen) atoms. The zero-order valence-electron chi connectivity index (χ0n) is 12.4. The number of aromatic nitrogens is 3. The fourth-order valence-electron chi connectivity index (χ4n) is 3.06. The predicted octanol–water partition coefficient (Wildman–Crippen LogP) is 2.99. The normalized spacial score (nSPS) is 23.7. The van der Waals surface area contributed by atoms with Crippen molar-refractivity contribution in [3.63, 3.8) is 0 Å². The van der Waals surface area contributed by atoms with Crippen LogP contribution in [0.1, 0.15) is 58.2 Å². The van der Waals surface area contributed by atoms with Gasteiger partial charge in [-0.25, -0.2) is 9.67 Å². The van der Waals surface area contributed by atoms with Gasteiger partial charge in [-0.3, -0.25) is 0 Å². The molecule has 0 aromatic carbocycles. The highest BCUT2D eigenvalue weighted by molar-refractivity contribution is 4.84. The van der Waals surface area contributed by atoms with Crippen molar-refractivity contribution in [3.8, 4) is 0 Å². The first-order valence-corrected chi connectivity index (χ1v) is 7.90. The molecule has 0 spiro atoms. The number of rotatable bonds is 7. The minimum absolute atomic E-state index is 0.855. The van der Waals surface area contributed by atoms with E-state index in [9.17, 15) is 0 Å². The second-order valence-corrected chi connectivity index (χ2v) is 5.83. The van der Waals surface area contributed by atoms with E-state index in [-0.39, 0.29) is 0 Å². The maximum absolute atomic E-state index is 4.33. The van der Waals surface area contributed by atoms with Gasteiger partial charge >= 0.3 is 0 Å². The fraction of sp³-hybridized carbons (Fsp3) is 0.867. The summed E-state index contributed by atoms with van der Waals surface area (Å²) in [5.41, 5.74) is 0. The zero-order valence-corrected chi connectivity index (χ0v) is 12.4. The Morgan fingerprint density at radius 3 is 2.63 bits per heavy atom. The van der Waals surface area contributed by atoms with Gasteiger partial charge in [0.15, 0.2) is 0 Å². The lowest BCUT2D eigenvalue weighted by Gasteiger charge is -2.27. The molecular formula is C15H28N4. The second-order valence-electron chi connectivity index (χ2n) is 5.83. The Hall–Kier alpha value is -0.900. The molecule has 0 saturated heterocycles. The van der Waals surface area contributed by atoms with Crippen LogP contribution < -0.4 is 5.32 Å². The molecule has 1 heterocycles. The van der Waals surface area contributed by atoms with Gasteiger partial charge in [0, 0.05) is 6.54 Å². The van der Waals surface area contributed by atoms with Gasteiger partial charge in [0.1, 0.15) is 12.2 Å². The van der Waals surface area contributed by atoms with Crippen molar-refractivity contribution in [2.75, 3.05) is 6.54 Å². The summed E-state index contributed by atoms with van der Waals surface area (Å²) in [6.07, 6.45) is 9.78. The van der Waals surface area contributed by atoms with E-state index < -0.39 is 0 Å². The summed E-state index contributed by atoms with van der Waals surface area (Å²) in [5, 5.41) is 7.82. The minimum Gasteiger partial charge on any atom is -0.310 e. The van der Waals surface area contributed by atoms with Crippen LogP contribution in [-0.2, 0) is 13.1 Å². The summed E-state index contributed by atoms with van der Waals surface area (Å²) >= 11 is 0. The third-order valence-electron chi connectivity index (χ3n) is 4.39. The van der Waals surface area contributed by atoms with Crippen molar-refractivity contribution >= 4 is 0 Å². The zero-order chi connectivity index (χ0) is 13.5. The second kappa shape index (κ2) is 7.63. The van der Waals surface area contributed by atoms with E-state index in [1.807, 2.05) is 4.68 Å². The van der Waals surface area contributed by atoms with Gasteiger partial charge in [0.05, 0.1) is 6.54 Å². The van der Waals surface area contributed by atoms with Gasteiger partial charge in [-0.1, -0.05) is 33.1 Å². The highest BCUT2D eigenvalue weighted by Gasteiger charge is 2.19. The monoisotopic (exact) mass is 264 g/mol. The Morgan fingerprint density at radius 2 is 1.95 bits per heavy atom. The first-order chi connectivity index (χ1) is 9.33. The van der Waals surface area contributed by atoms with Crippen molar-refractivity contribution < 1.29 is 0 Å². The fourth-order valence-corrected chi connectivity index (χ4v) is 3.06. The molecule has 1 aromatic rings. The van der Waals surface area contributed by atoms with E-state index in [1.54, 1.807) is 6.33 Å². The van der Waals surface area contributed by atoms with Gasteiger partial charge in [-0.05, 0) is 37.6 Å². The van der Waals surface area contributed by atoms with E-state index in [1.165, 1.54) is 32.1 Å². The Balaban J connectivity index is 1.67. The molecular weight excluding hydrogens is 236 g/mol. The quantitative estimate of drug-likeness (QED) is 0.823. The van der Waals surface area contributed by atoms with Crippen molar-refractivity contribution in [2.45, 2.75) is 65.5 Å². The van der Waals surface area contributed by atoms with Gasteiger partial charge in [-0.2, -0.15) is 5.10 Å². The minimum atomic E-state index is 0.855. The molecule has 0 atom stereocenters. The number of aryl methyl sites for hydroxylation is 1. The topological polar surface area (TPSA) is 42.7 Å². The SMILES string of the molecule is CCCn1ncnc1CNCC1CCC(CC)CC1. The molecule has 1 aromatic heterocycles. The van der Waals surface area contributed by atoms with Gasteiger partial charge < -0.3 is 5.32 Å². The van der Waals surface area contributed by atoms with E-state index in [0.717, 1.165) is 43.7 Å². The number of hydrogen-bond donors (Lipinski definition) is 1. The molecule has 2 rings (SSSR count). The Morgan fingerprint density at radius 1 is 1.21 bits per heavy atom. The van der Waals surface area contributed by atoms with E-state index in [2.05, 4.69) is 29.2 Å². The molecule has 1 aliphatic carbocycles. The lowest BCUT2D eigenvalue weighted by molar-refractivity contribution is 0.261. The lowest BCUT2D eigenvalue weighted by Crippen LogP contribution is -2.27. The van der Waals surface area contributed by atoms with E-state index >= 15 is 0 Å². The van der Waals surface area contributed by atoms with Crippen LogP contribution >= 0.6 is 0 Å². The van der Waals surface area contributed by atoms with Crippen LogP contribution in [0, 0.1) is 11.8 Å². The lowest BCUT2D eigenvalue weighted by atomic mass is 9.81. The third-order valence-corrected chi connectivity index (χ3v) is 4.39. The molecule has 4 heteroatoms. The summed E-state index contributed by atoms with van der Waals surface area (Å²) in [6.45, 7) is 7.45. The third kappa shape index (κ3) is 4.30. The van der Waals surface area contributed by atoms with Crippen LogP contribution in [0.15, 0.2) is 6.33 Å². The van der Waals surface area contributed by atoms with E-state index in [0.29, 0.717) is 0 Å². The van der Waals surface area contributed by atoms with Crippen LogP contribution in [0.3, 0.4) is 0 Å². The summed E-state index contributed by atoms with van der Waals surface area (Å²) in [4.78, 5) is 4.33. The van der Waals surface area contributed by atoms with Crippen molar-refractivity contribution in [2.24, 2.45) is 11.8 Å². The average molecular weight is 264 g/mol. The van der Waals surface area contributed by atoms with Crippen LogP contribution in [-0.4, -0.2) is 21.3 Å². The van der Waals surface area contributed by atoms with Crippen LogP contribution in [0.4, 0.5) is 0 Å². The summed E-state index contributed by atoms with van der Waals surface area (Å²) in [6, 6.07) is 0. The summed E-state index contributed by atoms with van der Waals surface area (Å²) in [7, 11) is 0. The molecule has 0 amide bonds. The smallest absolute Gasteiger partial charge is 0.140 e. The molecule has 0 unspecified atom stereocenters. The molecule has 1 saturated carbocycles. The van der Waals surface area contributed by atoms with Gasteiger partial charge in [-0.15, -0.1) is 0 Å². The molecule has 0 aliphatic heterocycles. The highest BCUT2D eigenvalue weighted by atomic mass is 15.3. The van der Waals surface area contributed by atoms with Crippen molar-refractivity contribution in [3.05, 3.63) is 12.2 Å². The molecule has 0 bridgehead atoms. The molecule has 1 N–H and O–H groups in total. The molecule has 108 valence electrons. The first-order valence-electron chi connectivity index (χ1n) is 7.90. The first kappa shape index (κ1) is 14.5. The average Bonchev–Trinajstić information content (AvgIpc) is 2.88. The Bertz CT molecular complexity index is 353. The Labute approximate surface area is 117 Å². The predicted molar refractivity (Wildman–Crippen MR) is 77.8 cm³/mol. The Kier molecular flexibility index (Phi) is 5.83. The number of nitrogens with one attached hydrogen (secondary N) is 1. The van der Waals surface area contributed by atoms with Crippen LogP contribution in [0.25, 0.3) is 0 Å². The number of hydrogen-bond acceptors (Lipinski definition) is 3. The van der Waals surface area contributed by atoms with Crippen molar-refractivity contribution in [1.29, 1.82) is 0 Å². The van der Waals surface area contributed by atoms with Gasteiger partial charge in [0.2, 0.25) is 0 Å². The molecule has 0 radical (unpaired) electrons. The maximum Gasteiger partial charge on any atom is 0.140 e. The highest BCUT2D eigenvalue weighted by Crippen LogP contribution is 2.30. The molecule has 4 nitrogen and oxygen atoms in total. The number of nitrogens with zero attached hydrogens (tertiary/aromatic N) is 3. The van der Waals surface area contributed by atoms with Crippen LogP contribution in [0.5, 0.6) is 0 Å². The van der Waals surface area contributed by atoms with Gasteiger partial charge in [0.25, 0.3) is 0 Å². The molecule has 1 fully saturated rings.